The molecule has 2 aromatic rings. The Balaban J connectivity index is 0.000000217. The van der Waals surface area contributed by atoms with Gasteiger partial charge in [-0.25, -0.2) is 0 Å². The largest absolute Gasteiger partial charge is 0.483 e. The highest BCUT2D eigenvalue weighted by atomic mass is 28.3. The molecule has 0 spiro atoms. The number of benzene rings is 2. The molecule has 4 heteroatoms. The molecule has 0 saturated carbocycles. The molecule has 3 nitrogen and oxygen atoms in total. The van der Waals surface area contributed by atoms with Gasteiger partial charge in [0.1, 0.15) is 0 Å². The second-order valence-electron chi connectivity index (χ2n) is 4.91. The average Bonchev–Trinajstić information content (AvgIpc) is 2.58. The zero-order valence-corrected chi connectivity index (χ0v) is 14.4. The molecule has 3 rings (SSSR count). The first-order valence-electron chi connectivity index (χ1n) is 7.16. The summed E-state index contributed by atoms with van der Waals surface area (Å²) in [5.74, 6) is 0.364. The Kier molecular flexibility index (Phi) is 6.09. The number of rotatable bonds is 4. The maximum atomic E-state index is 4.74. The molecule has 1 aliphatic rings. The average molecular weight is 314 g/mol. The standard InChI is InChI=1S/C15H12.C3H10O3Si/c1-2-11-9-10-13-6-3-5-12-7-4-8-14(11)15(12)13;1-4-7(5-2)6-3/h2-11H,1H2;7H,1-3H3. The molecule has 0 saturated heterocycles. The maximum absolute atomic E-state index is 4.74. The van der Waals surface area contributed by atoms with Crippen LogP contribution in [0.1, 0.15) is 17.0 Å². The van der Waals surface area contributed by atoms with E-state index in [-0.39, 0.29) is 0 Å². The Morgan fingerprint density at radius 3 is 2.18 bits per heavy atom. The van der Waals surface area contributed by atoms with Crippen LogP contribution in [0.5, 0.6) is 0 Å². The van der Waals surface area contributed by atoms with E-state index < -0.39 is 9.53 Å². The van der Waals surface area contributed by atoms with Crippen LogP contribution in [0, 0.1) is 0 Å². The third kappa shape index (κ3) is 3.54. The van der Waals surface area contributed by atoms with Crippen LogP contribution in [-0.2, 0) is 13.3 Å². The summed E-state index contributed by atoms with van der Waals surface area (Å²) in [4.78, 5) is 0. The van der Waals surface area contributed by atoms with Crippen LogP contribution in [0.2, 0.25) is 0 Å². The van der Waals surface area contributed by atoms with Gasteiger partial charge >= 0.3 is 9.53 Å². The second-order valence-corrected chi connectivity index (χ2v) is 6.90. The fourth-order valence-electron chi connectivity index (χ4n) is 2.62. The zero-order valence-electron chi connectivity index (χ0n) is 13.3. The van der Waals surface area contributed by atoms with Crippen molar-refractivity contribution in [1.29, 1.82) is 0 Å². The molecule has 0 bridgehead atoms. The summed E-state index contributed by atoms with van der Waals surface area (Å²) in [6, 6.07) is 12.9. The smallest absolute Gasteiger partial charge is 0.379 e. The van der Waals surface area contributed by atoms with Crippen LogP contribution < -0.4 is 0 Å². The van der Waals surface area contributed by atoms with Crippen molar-refractivity contribution in [3.05, 3.63) is 66.3 Å². The van der Waals surface area contributed by atoms with Crippen molar-refractivity contribution in [2.75, 3.05) is 21.3 Å². The lowest BCUT2D eigenvalue weighted by molar-refractivity contribution is 0.163. The summed E-state index contributed by atoms with van der Waals surface area (Å²) < 4.78 is 14.2. The fraction of sp³-hybridized carbons (Fsp3) is 0.222. The Morgan fingerprint density at radius 2 is 1.64 bits per heavy atom. The first-order valence-corrected chi connectivity index (χ1v) is 8.57. The van der Waals surface area contributed by atoms with Crippen molar-refractivity contribution >= 4 is 26.4 Å². The van der Waals surface area contributed by atoms with Gasteiger partial charge < -0.3 is 13.3 Å². The van der Waals surface area contributed by atoms with Crippen LogP contribution in [0.3, 0.4) is 0 Å². The molecule has 1 atom stereocenters. The molecule has 1 aliphatic carbocycles. The van der Waals surface area contributed by atoms with E-state index in [2.05, 4.69) is 55.1 Å². The van der Waals surface area contributed by atoms with E-state index in [4.69, 9.17) is 13.3 Å². The summed E-state index contributed by atoms with van der Waals surface area (Å²) in [6.07, 6.45) is 6.41. The normalized spacial score (nSPS) is 15.5. The van der Waals surface area contributed by atoms with Crippen molar-refractivity contribution in [2.45, 2.75) is 5.92 Å². The van der Waals surface area contributed by atoms with Gasteiger partial charge in [0.2, 0.25) is 0 Å². The molecule has 0 fully saturated rings. The highest BCUT2D eigenvalue weighted by Crippen LogP contribution is 2.34. The van der Waals surface area contributed by atoms with Crippen molar-refractivity contribution in [2.24, 2.45) is 0 Å². The zero-order chi connectivity index (χ0) is 15.9. The lowest BCUT2D eigenvalue weighted by Gasteiger charge is -2.18. The number of hydrogen-bond acceptors (Lipinski definition) is 3. The minimum Gasteiger partial charge on any atom is -0.379 e. The van der Waals surface area contributed by atoms with Gasteiger partial charge in [-0.05, 0) is 21.9 Å². The molecule has 0 amide bonds. The van der Waals surface area contributed by atoms with E-state index in [1.54, 1.807) is 21.3 Å². The lowest BCUT2D eigenvalue weighted by atomic mass is 9.86. The van der Waals surface area contributed by atoms with Gasteiger partial charge in [0.15, 0.2) is 0 Å². The second kappa shape index (κ2) is 8.05. The van der Waals surface area contributed by atoms with Gasteiger partial charge in [-0.2, -0.15) is 0 Å². The van der Waals surface area contributed by atoms with Crippen molar-refractivity contribution in [3.8, 4) is 0 Å². The quantitative estimate of drug-likeness (QED) is 0.635. The molecule has 0 radical (unpaired) electrons. The SMILES string of the molecule is C=CC1C=Cc2cccc3cccc1c23.CO[SiH](OC)OC. The first kappa shape index (κ1) is 16.6. The van der Waals surface area contributed by atoms with Crippen molar-refractivity contribution in [1.82, 2.24) is 0 Å². The minimum atomic E-state index is -1.67. The van der Waals surface area contributed by atoms with Gasteiger partial charge in [0, 0.05) is 27.2 Å². The Hall–Kier alpha value is -1.72. The van der Waals surface area contributed by atoms with Gasteiger partial charge in [-0.15, -0.1) is 6.58 Å². The van der Waals surface area contributed by atoms with Gasteiger partial charge in [0.25, 0.3) is 0 Å². The lowest BCUT2D eigenvalue weighted by Crippen LogP contribution is -2.21. The molecule has 0 aromatic heterocycles. The monoisotopic (exact) mass is 314 g/mol. The van der Waals surface area contributed by atoms with E-state index in [1.807, 2.05) is 6.08 Å². The molecule has 116 valence electrons. The van der Waals surface area contributed by atoms with Crippen molar-refractivity contribution in [3.63, 3.8) is 0 Å². The number of allylic oxidation sites excluding steroid dienone is 2. The van der Waals surface area contributed by atoms with Crippen molar-refractivity contribution < 1.29 is 13.3 Å². The van der Waals surface area contributed by atoms with E-state index in [0.29, 0.717) is 5.92 Å². The summed E-state index contributed by atoms with van der Waals surface area (Å²) in [6.45, 7) is 3.89. The molecule has 0 aliphatic heterocycles. The van der Waals surface area contributed by atoms with E-state index in [9.17, 15) is 0 Å². The maximum Gasteiger partial charge on any atom is 0.483 e. The topological polar surface area (TPSA) is 27.7 Å². The molecule has 2 aromatic carbocycles. The third-order valence-corrected chi connectivity index (χ3v) is 4.80. The van der Waals surface area contributed by atoms with Crippen LogP contribution in [0.4, 0.5) is 0 Å². The molecule has 22 heavy (non-hydrogen) atoms. The Bertz CT molecular complexity index is 652. The molecule has 0 heterocycles. The first-order chi connectivity index (χ1) is 10.7. The fourth-order valence-corrected chi connectivity index (χ4v) is 3.20. The van der Waals surface area contributed by atoms with Gasteiger partial charge in [-0.1, -0.05) is 54.6 Å². The summed E-state index contributed by atoms with van der Waals surface area (Å²) in [5.41, 5.74) is 2.70. The van der Waals surface area contributed by atoms with Gasteiger partial charge in [-0.3, -0.25) is 0 Å². The van der Waals surface area contributed by atoms with Gasteiger partial charge in [0.05, 0.1) is 0 Å². The molecular weight excluding hydrogens is 292 g/mol. The van der Waals surface area contributed by atoms with Crippen LogP contribution in [0.15, 0.2) is 55.1 Å². The highest BCUT2D eigenvalue weighted by Gasteiger charge is 2.13. The van der Waals surface area contributed by atoms with E-state index in [0.717, 1.165) is 0 Å². The van der Waals surface area contributed by atoms with Crippen LogP contribution >= 0.6 is 0 Å². The summed E-state index contributed by atoms with van der Waals surface area (Å²) >= 11 is 0. The minimum absolute atomic E-state index is 0.364. The van der Waals surface area contributed by atoms with Crippen LogP contribution in [0.25, 0.3) is 16.8 Å². The summed E-state index contributed by atoms with van der Waals surface area (Å²) in [5, 5.41) is 2.70. The summed E-state index contributed by atoms with van der Waals surface area (Å²) in [7, 11) is 3.05. The van der Waals surface area contributed by atoms with Crippen LogP contribution in [-0.4, -0.2) is 30.9 Å². The van der Waals surface area contributed by atoms with E-state index >= 15 is 0 Å². The Morgan fingerprint density at radius 1 is 1.00 bits per heavy atom. The number of hydrogen-bond donors (Lipinski definition) is 0. The third-order valence-electron chi connectivity index (χ3n) is 3.64. The predicted octanol–water partition coefficient (Wildman–Crippen LogP) is 3.78. The highest BCUT2D eigenvalue weighted by molar-refractivity contribution is 6.36. The predicted molar refractivity (Wildman–Crippen MR) is 94.1 cm³/mol. The van der Waals surface area contributed by atoms with E-state index in [1.165, 1.54) is 21.9 Å². The Labute approximate surface area is 133 Å². The molecule has 0 N–H and O–H groups in total. The molecule has 1 unspecified atom stereocenters. The molecular formula is C18H22O3Si.